The van der Waals surface area contributed by atoms with Crippen molar-refractivity contribution in [2.24, 2.45) is 14.1 Å². The molecule has 0 spiro atoms. The predicted octanol–water partition coefficient (Wildman–Crippen LogP) is 2.97. The minimum Gasteiger partial charge on any atom is -0.357 e. The van der Waals surface area contributed by atoms with Crippen LogP contribution in [-0.4, -0.2) is 25.6 Å². The molecule has 2 aromatic rings. The molecule has 4 rings (SSSR count). The largest absolute Gasteiger partial charge is 0.357 e. The zero-order valence-corrected chi connectivity index (χ0v) is 13.8. The number of hydrogen-bond acceptors (Lipinski definition) is 2. The van der Waals surface area contributed by atoms with Crippen LogP contribution < -0.4 is 0 Å². The van der Waals surface area contributed by atoms with Crippen LogP contribution in [0.2, 0.25) is 0 Å². The van der Waals surface area contributed by atoms with Crippen LogP contribution in [0, 0.1) is 0 Å². The van der Waals surface area contributed by atoms with Crippen LogP contribution in [0.3, 0.4) is 0 Å². The lowest BCUT2D eigenvalue weighted by atomic mass is 10.0. The first-order chi connectivity index (χ1) is 10.7. The van der Waals surface area contributed by atoms with Crippen molar-refractivity contribution in [1.82, 2.24) is 19.0 Å². The highest BCUT2D eigenvalue weighted by atomic mass is 15.2. The fraction of sp³-hybridized carbons (Fsp3) is 0.611. The summed E-state index contributed by atoms with van der Waals surface area (Å²) in [6.07, 6.45) is 11.9. The molecule has 1 aliphatic heterocycles. The van der Waals surface area contributed by atoms with Gasteiger partial charge in [-0.05, 0) is 56.7 Å². The van der Waals surface area contributed by atoms with Gasteiger partial charge in [-0.1, -0.05) is 0 Å². The van der Waals surface area contributed by atoms with Gasteiger partial charge < -0.3 is 9.13 Å². The van der Waals surface area contributed by atoms with E-state index >= 15 is 0 Å². The number of rotatable bonds is 3. The zero-order chi connectivity index (χ0) is 15.1. The summed E-state index contributed by atoms with van der Waals surface area (Å²) in [5.74, 6) is 1.31. The van der Waals surface area contributed by atoms with E-state index in [2.05, 4.69) is 46.6 Å². The predicted molar refractivity (Wildman–Crippen MR) is 87.6 cm³/mol. The molecule has 0 amide bonds. The maximum atomic E-state index is 5.05. The first-order valence-electron chi connectivity index (χ1n) is 8.61. The van der Waals surface area contributed by atoms with E-state index in [1.807, 2.05) is 0 Å². The Morgan fingerprint density at radius 3 is 2.82 bits per heavy atom. The van der Waals surface area contributed by atoms with Gasteiger partial charge in [0, 0.05) is 38.7 Å². The minimum absolute atomic E-state index is 0.496. The molecule has 2 aliphatic rings. The fourth-order valence-corrected chi connectivity index (χ4v) is 4.20. The Morgan fingerprint density at radius 2 is 2.05 bits per heavy atom. The van der Waals surface area contributed by atoms with Crippen LogP contribution >= 0.6 is 0 Å². The Morgan fingerprint density at radius 1 is 1.18 bits per heavy atom. The number of likely N-dealkylation sites (tertiary alicyclic amines) is 1. The average Bonchev–Trinajstić information content (AvgIpc) is 3.21. The Labute approximate surface area is 132 Å². The highest BCUT2D eigenvalue weighted by Gasteiger charge is 2.31. The van der Waals surface area contributed by atoms with E-state index in [4.69, 9.17) is 4.98 Å². The van der Waals surface area contributed by atoms with E-state index in [1.54, 1.807) is 0 Å². The molecule has 4 nitrogen and oxygen atoms in total. The van der Waals surface area contributed by atoms with Gasteiger partial charge in [0.2, 0.25) is 0 Å². The Kier molecular flexibility index (Phi) is 3.57. The quantitative estimate of drug-likeness (QED) is 0.870. The van der Waals surface area contributed by atoms with Crippen molar-refractivity contribution in [3.63, 3.8) is 0 Å². The number of hydrogen-bond donors (Lipinski definition) is 0. The molecule has 0 unspecified atom stereocenters. The summed E-state index contributed by atoms with van der Waals surface area (Å²) in [4.78, 5) is 7.66. The van der Waals surface area contributed by atoms with Gasteiger partial charge in [0.1, 0.15) is 5.82 Å². The second-order valence-electron chi connectivity index (χ2n) is 6.94. The van der Waals surface area contributed by atoms with Gasteiger partial charge in [-0.3, -0.25) is 4.90 Å². The molecule has 1 saturated heterocycles. The molecule has 2 aromatic heterocycles. The van der Waals surface area contributed by atoms with Crippen LogP contribution in [0.15, 0.2) is 18.5 Å². The molecule has 0 bridgehead atoms. The van der Waals surface area contributed by atoms with E-state index in [0.29, 0.717) is 6.04 Å². The Bertz CT molecular complexity index is 667. The number of imidazole rings is 1. The maximum absolute atomic E-state index is 5.05. The minimum atomic E-state index is 0.496. The second-order valence-corrected chi connectivity index (χ2v) is 6.94. The summed E-state index contributed by atoms with van der Waals surface area (Å²) < 4.78 is 4.54. The summed E-state index contributed by atoms with van der Waals surface area (Å²) in [6, 6.07) is 2.73. The zero-order valence-electron chi connectivity index (χ0n) is 13.8. The van der Waals surface area contributed by atoms with Gasteiger partial charge in [-0.25, -0.2) is 4.98 Å². The third-order valence-corrected chi connectivity index (χ3v) is 5.35. The number of aromatic nitrogens is 3. The van der Waals surface area contributed by atoms with Crippen LogP contribution in [0.5, 0.6) is 0 Å². The lowest BCUT2D eigenvalue weighted by molar-refractivity contribution is 0.236. The van der Waals surface area contributed by atoms with Crippen molar-refractivity contribution < 1.29 is 0 Å². The number of aryl methyl sites for hydroxylation is 2. The number of fused-ring (bicyclic) bond motifs is 1. The van der Waals surface area contributed by atoms with E-state index < -0.39 is 0 Å². The van der Waals surface area contributed by atoms with Crippen LogP contribution in [-0.2, 0) is 33.5 Å². The van der Waals surface area contributed by atoms with Crippen LogP contribution in [0.25, 0.3) is 0 Å². The van der Waals surface area contributed by atoms with Crippen LogP contribution in [0.1, 0.15) is 54.5 Å². The molecule has 0 radical (unpaired) electrons. The topological polar surface area (TPSA) is 26.0 Å². The molecule has 22 heavy (non-hydrogen) atoms. The molecule has 1 aliphatic carbocycles. The van der Waals surface area contributed by atoms with Crippen molar-refractivity contribution in [1.29, 1.82) is 0 Å². The van der Waals surface area contributed by atoms with E-state index in [0.717, 1.165) is 6.54 Å². The molecular weight excluding hydrogens is 272 g/mol. The summed E-state index contributed by atoms with van der Waals surface area (Å²) in [5.41, 5.74) is 4.27. The fourth-order valence-electron chi connectivity index (χ4n) is 4.20. The van der Waals surface area contributed by atoms with Gasteiger partial charge in [0.05, 0.1) is 11.7 Å². The van der Waals surface area contributed by atoms with Crippen molar-refractivity contribution in [2.45, 2.75) is 51.1 Å². The van der Waals surface area contributed by atoms with Gasteiger partial charge in [-0.2, -0.15) is 0 Å². The van der Waals surface area contributed by atoms with Crippen molar-refractivity contribution in [2.75, 3.05) is 6.54 Å². The second kappa shape index (κ2) is 5.58. The smallest absolute Gasteiger partial charge is 0.126 e. The maximum Gasteiger partial charge on any atom is 0.126 e. The molecule has 0 saturated carbocycles. The monoisotopic (exact) mass is 298 g/mol. The lowest BCUT2D eigenvalue weighted by Gasteiger charge is -2.24. The Hall–Kier alpha value is -1.55. The molecule has 4 heteroatoms. The summed E-state index contributed by atoms with van der Waals surface area (Å²) in [6.45, 7) is 2.24. The van der Waals surface area contributed by atoms with Crippen LogP contribution in [0.4, 0.5) is 0 Å². The van der Waals surface area contributed by atoms with E-state index in [1.165, 1.54) is 67.8 Å². The number of nitrogens with zero attached hydrogens (tertiary/aromatic N) is 4. The standard InChI is InChI=1S/C18H26N4/c1-20-11-9-14(12-20)13-22-10-5-8-17(22)18-19-15-6-3-4-7-16(15)21(18)2/h9,11-12,17H,3-8,10,13H2,1-2H3/t17-/m1/s1. The molecule has 1 fully saturated rings. The highest BCUT2D eigenvalue weighted by Crippen LogP contribution is 2.34. The SMILES string of the molecule is Cn1ccc(CN2CCC[C@@H]2c2nc3c(n2C)CCCC3)c1. The van der Waals surface area contributed by atoms with Crippen molar-refractivity contribution >= 4 is 0 Å². The lowest BCUT2D eigenvalue weighted by Crippen LogP contribution is -2.25. The first kappa shape index (κ1) is 14.1. The summed E-state index contributed by atoms with van der Waals surface area (Å²) in [5, 5.41) is 0. The average molecular weight is 298 g/mol. The third kappa shape index (κ3) is 2.39. The molecule has 0 aromatic carbocycles. The highest BCUT2D eigenvalue weighted by molar-refractivity contribution is 5.22. The molecule has 3 heterocycles. The van der Waals surface area contributed by atoms with Gasteiger partial charge >= 0.3 is 0 Å². The Balaban J connectivity index is 1.59. The van der Waals surface area contributed by atoms with E-state index in [9.17, 15) is 0 Å². The van der Waals surface area contributed by atoms with Gasteiger partial charge in [0.15, 0.2) is 0 Å². The van der Waals surface area contributed by atoms with Crippen molar-refractivity contribution in [3.05, 3.63) is 41.2 Å². The normalized spacial score (nSPS) is 22.2. The summed E-state index contributed by atoms with van der Waals surface area (Å²) in [7, 11) is 4.32. The summed E-state index contributed by atoms with van der Waals surface area (Å²) >= 11 is 0. The van der Waals surface area contributed by atoms with Crippen molar-refractivity contribution in [3.8, 4) is 0 Å². The van der Waals surface area contributed by atoms with Gasteiger partial charge in [0.25, 0.3) is 0 Å². The van der Waals surface area contributed by atoms with Gasteiger partial charge in [-0.15, -0.1) is 0 Å². The third-order valence-electron chi connectivity index (χ3n) is 5.35. The molecular formula is C18H26N4. The molecule has 1 atom stereocenters. The molecule has 0 N–H and O–H groups in total. The molecule has 118 valence electrons. The first-order valence-corrected chi connectivity index (χ1v) is 8.61. The van der Waals surface area contributed by atoms with E-state index in [-0.39, 0.29) is 0 Å².